The molecule has 4 heteroatoms. The third-order valence-corrected chi connectivity index (χ3v) is 5.50. The summed E-state index contributed by atoms with van der Waals surface area (Å²) >= 11 is 1.36. The highest BCUT2D eigenvalue weighted by atomic mass is 32.7. The molecule has 2 aromatic rings. The molecule has 0 N–H and O–H groups in total. The lowest BCUT2D eigenvalue weighted by molar-refractivity contribution is 0.328. The van der Waals surface area contributed by atoms with Crippen molar-refractivity contribution in [3.8, 4) is 0 Å². The fourth-order valence-electron chi connectivity index (χ4n) is 1.83. The number of hydrogen-bond acceptors (Lipinski definition) is 3. The maximum atomic E-state index is 11.9. The van der Waals surface area contributed by atoms with Gasteiger partial charge in [-0.05, 0) is 40.7 Å². The van der Waals surface area contributed by atoms with Crippen LogP contribution in [0.5, 0.6) is 0 Å². The maximum absolute atomic E-state index is 11.9. The van der Waals surface area contributed by atoms with Crippen molar-refractivity contribution in [3.05, 3.63) is 70.8 Å². The quantitative estimate of drug-likeness (QED) is 0.667. The molecule has 0 saturated carbocycles. The average Bonchev–Trinajstić information content (AvgIpc) is 2.45. The summed E-state index contributed by atoms with van der Waals surface area (Å²) < 4.78 is 17.3. The van der Waals surface area contributed by atoms with E-state index in [4.69, 9.17) is 4.52 Å². The van der Waals surface area contributed by atoms with Gasteiger partial charge in [-0.25, -0.2) is 0 Å². The first-order valence-corrected chi connectivity index (χ1v) is 9.26. The summed E-state index contributed by atoms with van der Waals surface area (Å²) in [5.74, 6) is 0.718. The molecule has 0 aromatic heterocycles. The largest absolute Gasteiger partial charge is 0.586 e. The van der Waals surface area contributed by atoms with Crippen molar-refractivity contribution in [3.63, 3.8) is 0 Å². The standard InChI is InChI=1S/C16H18O2PS/c1-13-7-3-5-9-15(13)11-18-19(17)20-12-16-10-6-4-8-14(16)2/h3-10H,11-12H2,1-2H3/q+1. The first-order chi connectivity index (χ1) is 9.66. The van der Waals surface area contributed by atoms with Gasteiger partial charge in [-0.15, -0.1) is 4.52 Å². The lowest BCUT2D eigenvalue weighted by atomic mass is 10.1. The number of benzene rings is 2. The van der Waals surface area contributed by atoms with Crippen LogP contribution in [0.3, 0.4) is 0 Å². The molecule has 0 aliphatic rings. The van der Waals surface area contributed by atoms with Crippen LogP contribution in [0.4, 0.5) is 0 Å². The zero-order valence-electron chi connectivity index (χ0n) is 11.7. The van der Waals surface area contributed by atoms with E-state index in [0.717, 1.165) is 11.3 Å². The van der Waals surface area contributed by atoms with Crippen molar-refractivity contribution in [1.29, 1.82) is 0 Å². The molecule has 104 valence electrons. The fourth-order valence-corrected chi connectivity index (χ4v) is 3.83. The molecule has 0 bridgehead atoms. The van der Waals surface area contributed by atoms with Crippen LogP contribution in [0, 0.1) is 13.8 Å². The van der Waals surface area contributed by atoms with Crippen LogP contribution in [-0.4, -0.2) is 0 Å². The molecule has 2 nitrogen and oxygen atoms in total. The van der Waals surface area contributed by atoms with Gasteiger partial charge < -0.3 is 0 Å². The predicted molar refractivity (Wildman–Crippen MR) is 86.0 cm³/mol. The van der Waals surface area contributed by atoms with Crippen molar-refractivity contribution in [2.24, 2.45) is 0 Å². The minimum atomic E-state index is -1.69. The van der Waals surface area contributed by atoms with Crippen molar-refractivity contribution in [1.82, 2.24) is 0 Å². The molecule has 2 rings (SSSR count). The molecular weight excluding hydrogens is 287 g/mol. The van der Waals surface area contributed by atoms with Gasteiger partial charge >= 0.3 is 7.23 Å². The van der Waals surface area contributed by atoms with Crippen molar-refractivity contribution < 1.29 is 9.09 Å². The molecular formula is C16H18O2PS+. The van der Waals surface area contributed by atoms with E-state index in [-0.39, 0.29) is 0 Å². The Hall–Kier alpha value is -1.15. The van der Waals surface area contributed by atoms with E-state index in [9.17, 15) is 4.57 Å². The molecule has 2 aromatic carbocycles. The maximum Gasteiger partial charge on any atom is 0.586 e. The summed E-state index contributed by atoms with van der Waals surface area (Å²) in [7, 11) is -1.69. The Morgan fingerprint density at radius 2 is 1.50 bits per heavy atom. The molecule has 0 aliphatic heterocycles. The van der Waals surface area contributed by atoms with Crippen molar-refractivity contribution in [2.45, 2.75) is 26.2 Å². The summed E-state index contributed by atoms with van der Waals surface area (Å²) in [6.07, 6.45) is 0. The first-order valence-electron chi connectivity index (χ1n) is 6.49. The molecule has 0 heterocycles. The smallest absolute Gasteiger partial charge is 0.131 e. The van der Waals surface area contributed by atoms with E-state index in [1.807, 2.05) is 43.3 Å². The zero-order chi connectivity index (χ0) is 14.4. The topological polar surface area (TPSA) is 26.3 Å². The van der Waals surface area contributed by atoms with Gasteiger partial charge in [0.05, 0.1) is 5.75 Å². The summed E-state index contributed by atoms with van der Waals surface area (Å²) in [6, 6.07) is 16.1. The third-order valence-electron chi connectivity index (χ3n) is 3.17. The molecule has 0 radical (unpaired) electrons. The highest BCUT2D eigenvalue weighted by Crippen LogP contribution is 2.42. The highest BCUT2D eigenvalue weighted by molar-refractivity contribution is 8.49. The Balaban J connectivity index is 1.82. The van der Waals surface area contributed by atoms with Crippen molar-refractivity contribution >= 4 is 18.6 Å². The molecule has 20 heavy (non-hydrogen) atoms. The van der Waals surface area contributed by atoms with Gasteiger partial charge in [0.15, 0.2) is 11.4 Å². The molecule has 1 atom stereocenters. The minimum absolute atomic E-state index is 0.405. The SMILES string of the molecule is Cc1ccccc1CO[P+](=O)SCc1ccccc1C. The Labute approximate surface area is 125 Å². The van der Waals surface area contributed by atoms with Gasteiger partial charge in [-0.2, -0.15) is 0 Å². The summed E-state index contributed by atoms with van der Waals surface area (Å²) in [6.45, 7) is 4.51. The van der Waals surface area contributed by atoms with Crippen LogP contribution in [0.2, 0.25) is 0 Å². The van der Waals surface area contributed by atoms with Crippen LogP contribution in [-0.2, 0) is 21.4 Å². The lowest BCUT2D eigenvalue weighted by Gasteiger charge is -2.01. The Morgan fingerprint density at radius 3 is 2.10 bits per heavy atom. The van der Waals surface area contributed by atoms with E-state index in [2.05, 4.69) is 19.1 Å². The number of hydrogen-bond donors (Lipinski definition) is 0. The second-order valence-corrected chi connectivity index (χ2v) is 7.54. The number of aryl methyl sites for hydroxylation is 2. The summed E-state index contributed by atoms with van der Waals surface area (Å²) in [5, 5.41) is 0. The summed E-state index contributed by atoms with van der Waals surface area (Å²) in [4.78, 5) is 0. The molecule has 0 saturated heterocycles. The zero-order valence-corrected chi connectivity index (χ0v) is 13.4. The van der Waals surface area contributed by atoms with Crippen LogP contribution < -0.4 is 0 Å². The van der Waals surface area contributed by atoms with Crippen molar-refractivity contribution in [2.75, 3.05) is 0 Å². The van der Waals surface area contributed by atoms with Gasteiger partial charge in [-0.3, -0.25) is 0 Å². The van der Waals surface area contributed by atoms with E-state index in [1.165, 1.54) is 28.1 Å². The van der Waals surface area contributed by atoms with Gasteiger partial charge in [-0.1, -0.05) is 48.5 Å². The van der Waals surface area contributed by atoms with Crippen LogP contribution in [0.25, 0.3) is 0 Å². The number of rotatable bonds is 6. The molecule has 0 spiro atoms. The predicted octanol–water partition coefficient (Wildman–Crippen LogP) is 5.41. The highest BCUT2D eigenvalue weighted by Gasteiger charge is 2.21. The average molecular weight is 305 g/mol. The van der Waals surface area contributed by atoms with E-state index < -0.39 is 7.23 Å². The Morgan fingerprint density at radius 1 is 0.950 bits per heavy atom. The monoisotopic (exact) mass is 305 g/mol. The molecule has 0 aliphatic carbocycles. The fraction of sp³-hybridized carbons (Fsp3) is 0.250. The Bertz CT molecular complexity index is 547. The van der Waals surface area contributed by atoms with Gasteiger partial charge in [0, 0.05) is 0 Å². The Kier molecular flexibility index (Phi) is 5.78. The van der Waals surface area contributed by atoms with Gasteiger partial charge in [0.2, 0.25) is 0 Å². The van der Waals surface area contributed by atoms with Crippen LogP contribution in [0.15, 0.2) is 48.5 Å². The molecule has 0 fully saturated rings. The van der Waals surface area contributed by atoms with Gasteiger partial charge in [0.25, 0.3) is 0 Å². The summed E-state index contributed by atoms with van der Waals surface area (Å²) in [5.41, 5.74) is 4.69. The second-order valence-electron chi connectivity index (χ2n) is 4.62. The minimum Gasteiger partial charge on any atom is -0.131 e. The molecule has 0 amide bonds. The second kappa shape index (κ2) is 7.58. The third kappa shape index (κ3) is 4.45. The van der Waals surface area contributed by atoms with E-state index in [1.54, 1.807) is 0 Å². The lowest BCUT2D eigenvalue weighted by Crippen LogP contribution is -1.89. The van der Waals surface area contributed by atoms with Gasteiger partial charge in [0.1, 0.15) is 6.61 Å². The van der Waals surface area contributed by atoms with E-state index in [0.29, 0.717) is 6.61 Å². The first kappa shape index (κ1) is 15.2. The normalized spacial score (nSPS) is 11.4. The van der Waals surface area contributed by atoms with Crippen LogP contribution in [0.1, 0.15) is 22.3 Å². The van der Waals surface area contributed by atoms with E-state index >= 15 is 0 Å². The molecule has 1 unspecified atom stereocenters. The van der Waals surface area contributed by atoms with Crippen LogP contribution >= 0.6 is 18.6 Å².